The lowest BCUT2D eigenvalue weighted by atomic mass is 10.1. The predicted molar refractivity (Wildman–Crippen MR) is 78.0 cm³/mol. The summed E-state index contributed by atoms with van der Waals surface area (Å²) < 4.78 is 12.7. The number of piperidine rings is 1. The molecular weight excluding hydrogens is 255 g/mol. The average Bonchev–Trinajstić information content (AvgIpc) is 2.47. The Bertz CT molecular complexity index is 413. The molecule has 1 heterocycles. The SMILES string of the molecule is O=C(Cc1ccc(F)cc1)NCCCN1CCCCC1. The number of rotatable bonds is 6. The van der Waals surface area contributed by atoms with E-state index in [0.717, 1.165) is 25.1 Å². The van der Waals surface area contributed by atoms with Gasteiger partial charge in [-0.15, -0.1) is 0 Å². The number of carbonyl (C=O) groups is 1. The zero-order valence-corrected chi connectivity index (χ0v) is 11.9. The largest absolute Gasteiger partial charge is 0.356 e. The molecule has 0 aromatic heterocycles. The first-order chi connectivity index (χ1) is 9.74. The van der Waals surface area contributed by atoms with Crippen molar-refractivity contribution in [2.24, 2.45) is 0 Å². The first-order valence-electron chi connectivity index (χ1n) is 7.47. The highest BCUT2D eigenvalue weighted by Gasteiger charge is 2.09. The van der Waals surface area contributed by atoms with Gasteiger partial charge in [0.15, 0.2) is 0 Å². The first kappa shape index (κ1) is 15.0. The normalized spacial score (nSPS) is 16.1. The van der Waals surface area contributed by atoms with Crippen molar-refractivity contribution in [2.45, 2.75) is 32.1 Å². The molecule has 1 aliphatic rings. The van der Waals surface area contributed by atoms with E-state index in [-0.39, 0.29) is 11.7 Å². The number of halogens is 1. The van der Waals surface area contributed by atoms with E-state index < -0.39 is 0 Å². The minimum Gasteiger partial charge on any atom is -0.356 e. The van der Waals surface area contributed by atoms with E-state index in [1.807, 2.05) is 0 Å². The van der Waals surface area contributed by atoms with Crippen LogP contribution in [0.2, 0.25) is 0 Å². The second-order valence-electron chi connectivity index (χ2n) is 5.41. The number of nitrogens with zero attached hydrogens (tertiary/aromatic N) is 1. The number of hydrogen-bond acceptors (Lipinski definition) is 2. The minimum absolute atomic E-state index is 0.00949. The molecule has 20 heavy (non-hydrogen) atoms. The van der Waals surface area contributed by atoms with Crippen molar-refractivity contribution in [3.05, 3.63) is 35.6 Å². The zero-order chi connectivity index (χ0) is 14.2. The molecule has 0 bridgehead atoms. The molecule has 1 aromatic carbocycles. The van der Waals surface area contributed by atoms with E-state index in [1.54, 1.807) is 12.1 Å². The third-order valence-electron chi connectivity index (χ3n) is 3.70. The maximum absolute atomic E-state index is 12.7. The number of likely N-dealkylation sites (tertiary alicyclic amines) is 1. The molecule has 0 radical (unpaired) electrons. The van der Waals surface area contributed by atoms with Gasteiger partial charge in [-0.05, 0) is 56.6 Å². The van der Waals surface area contributed by atoms with Crippen molar-refractivity contribution >= 4 is 5.91 Å². The number of carbonyl (C=O) groups excluding carboxylic acids is 1. The van der Waals surface area contributed by atoms with Crippen molar-refractivity contribution in [1.29, 1.82) is 0 Å². The molecule has 1 amide bonds. The molecule has 3 nitrogen and oxygen atoms in total. The summed E-state index contributed by atoms with van der Waals surface area (Å²) in [5, 5.41) is 2.93. The van der Waals surface area contributed by atoms with Gasteiger partial charge in [0, 0.05) is 6.54 Å². The van der Waals surface area contributed by atoms with Gasteiger partial charge in [0.2, 0.25) is 5.91 Å². The summed E-state index contributed by atoms with van der Waals surface area (Å²) in [6.45, 7) is 4.18. The maximum Gasteiger partial charge on any atom is 0.224 e. The molecule has 1 saturated heterocycles. The third kappa shape index (κ3) is 5.29. The van der Waals surface area contributed by atoms with Crippen LogP contribution in [-0.2, 0) is 11.2 Å². The second-order valence-corrected chi connectivity index (χ2v) is 5.41. The highest BCUT2D eigenvalue weighted by Crippen LogP contribution is 2.08. The molecule has 4 heteroatoms. The standard InChI is InChI=1S/C16H23FN2O/c17-15-7-5-14(6-8-15)13-16(20)18-9-4-12-19-10-2-1-3-11-19/h5-8H,1-4,9-13H2,(H,18,20). The van der Waals surface area contributed by atoms with Crippen LogP contribution in [0, 0.1) is 5.82 Å². The molecule has 2 rings (SSSR count). The summed E-state index contributed by atoms with van der Waals surface area (Å²) in [4.78, 5) is 14.2. The second kappa shape index (κ2) is 8.00. The topological polar surface area (TPSA) is 32.3 Å². The Balaban J connectivity index is 1.59. The molecule has 0 saturated carbocycles. The van der Waals surface area contributed by atoms with Gasteiger partial charge >= 0.3 is 0 Å². The molecule has 0 aliphatic carbocycles. The summed E-state index contributed by atoms with van der Waals surface area (Å²) in [6.07, 6.45) is 5.28. The van der Waals surface area contributed by atoms with E-state index in [4.69, 9.17) is 0 Å². The monoisotopic (exact) mass is 278 g/mol. The fraction of sp³-hybridized carbons (Fsp3) is 0.562. The van der Waals surface area contributed by atoms with Crippen LogP contribution in [0.25, 0.3) is 0 Å². The average molecular weight is 278 g/mol. The fourth-order valence-electron chi connectivity index (χ4n) is 2.56. The van der Waals surface area contributed by atoms with Crippen LogP contribution in [-0.4, -0.2) is 37.0 Å². The lowest BCUT2D eigenvalue weighted by molar-refractivity contribution is -0.120. The number of amides is 1. The van der Waals surface area contributed by atoms with Gasteiger partial charge in [0.25, 0.3) is 0 Å². The smallest absolute Gasteiger partial charge is 0.224 e. The van der Waals surface area contributed by atoms with E-state index in [9.17, 15) is 9.18 Å². The summed E-state index contributed by atoms with van der Waals surface area (Å²) in [5.41, 5.74) is 0.847. The molecule has 110 valence electrons. The van der Waals surface area contributed by atoms with E-state index in [2.05, 4.69) is 10.2 Å². The minimum atomic E-state index is -0.268. The Labute approximate surface area is 120 Å². The highest BCUT2D eigenvalue weighted by atomic mass is 19.1. The number of benzene rings is 1. The van der Waals surface area contributed by atoms with Crippen LogP contribution in [0.3, 0.4) is 0 Å². The Kier molecular flexibility index (Phi) is 5.99. The maximum atomic E-state index is 12.7. The van der Waals surface area contributed by atoms with Gasteiger partial charge in [0.05, 0.1) is 6.42 Å². The molecular formula is C16H23FN2O. The lowest BCUT2D eigenvalue weighted by Gasteiger charge is -2.26. The quantitative estimate of drug-likeness (QED) is 0.810. The molecule has 0 unspecified atom stereocenters. The summed E-state index contributed by atoms with van der Waals surface area (Å²) in [7, 11) is 0. The Morgan fingerprint density at radius 2 is 1.85 bits per heavy atom. The number of hydrogen-bond donors (Lipinski definition) is 1. The van der Waals surface area contributed by atoms with Crippen molar-refractivity contribution in [3.63, 3.8) is 0 Å². The third-order valence-corrected chi connectivity index (χ3v) is 3.70. The Morgan fingerprint density at radius 3 is 2.55 bits per heavy atom. The lowest BCUT2D eigenvalue weighted by Crippen LogP contribution is -2.33. The van der Waals surface area contributed by atoms with Gasteiger partial charge in [-0.1, -0.05) is 18.6 Å². The van der Waals surface area contributed by atoms with E-state index in [1.165, 1.54) is 44.5 Å². The Morgan fingerprint density at radius 1 is 1.15 bits per heavy atom. The van der Waals surface area contributed by atoms with Crippen LogP contribution in [0.4, 0.5) is 4.39 Å². The zero-order valence-electron chi connectivity index (χ0n) is 11.9. The molecule has 1 aromatic rings. The van der Waals surface area contributed by atoms with Crippen LogP contribution in [0.15, 0.2) is 24.3 Å². The van der Waals surface area contributed by atoms with Gasteiger partial charge in [-0.3, -0.25) is 4.79 Å². The van der Waals surface area contributed by atoms with Crippen molar-refractivity contribution < 1.29 is 9.18 Å². The van der Waals surface area contributed by atoms with Gasteiger partial charge < -0.3 is 10.2 Å². The molecule has 0 spiro atoms. The van der Waals surface area contributed by atoms with Crippen molar-refractivity contribution in [1.82, 2.24) is 10.2 Å². The molecule has 0 atom stereocenters. The summed E-state index contributed by atoms with van der Waals surface area (Å²) in [6, 6.07) is 6.09. The van der Waals surface area contributed by atoms with Gasteiger partial charge in [-0.25, -0.2) is 4.39 Å². The first-order valence-corrected chi connectivity index (χ1v) is 7.47. The van der Waals surface area contributed by atoms with E-state index in [0.29, 0.717) is 6.42 Å². The van der Waals surface area contributed by atoms with Crippen molar-refractivity contribution in [3.8, 4) is 0 Å². The predicted octanol–water partition coefficient (Wildman–Crippen LogP) is 2.36. The Hall–Kier alpha value is -1.42. The molecule has 1 aliphatic heterocycles. The summed E-state index contributed by atoms with van der Waals surface area (Å²) in [5.74, 6) is -0.258. The van der Waals surface area contributed by atoms with Crippen LogP contribution >= 0.6 is 0 Å². The summed E-state index contributed by atoms with van der Waals surface area (Å²) >= 11 is 0. The molecule has 1 fully saturated rings. The van der Waals surface area contributed by atoms with Gasteiger partial charge in [0.1, 0.15) is 5.82 Å². The fourth-order valence-corrected chi connectivity index (χ4v) is 2.56. The van der Waals surface area contributed by atoms with Gasteiger partial charge in [-0.2, -0.15) is 0 Å². The van der Waals surface area contributed by atoms with Crippen LogP contribution in [0.1, 0.15) is 31.2 Å². The number of nitrogens with one attached hydrogen (secondary N) is 1. The van der Waals surface area contributed by atoms with Crippen LogP contribution < -0.4 is 5.32 Å². The van der Waals surface area contributed by atoms with E-state index >= 15 is 0 Å². The van der Waals surface area contributed by atoms with Crippen molar-refractivity contribution in [2.75, 3.05) is 26.2 Å². The van der Waals surface area contributed by atoms with Crippen LogP contribution in [0.5, 0.6) is 0 Å². The molecule has 1 N–H and O–H groups in total. The highest BCUT2D eigenvalue weighted by molar-refractivity contribution is 5.78.